The maximum atomic E-state index is 13.0. The van der Waals surface area contributed by atoms with Gasteiger partial charge in [-0.3, -0.25) is 9.69 Å². The van der Waals surface area contributed by atoms with Crippen molar-refractivity contribution in [3.05, 3.63) is 71.3 Å². The normalized spacial score (nSPS) is 17.5. The largest absolute Gasteiger partial charge is 0.483 e. The summed E-state index contributed by atoms with van der Waals surface area (Å²) in [7, 11) is 1.82. The number of amides is 1. The molecule has 1 aliphatic rings. The second kappa shape index (κ2) is 9.92. The van der Waals surface area contributed by atoms with E-state index < -0.39 is 0 Å². The minimum atomic E-state index is -0.284. The predicted octanol–water partition coefficient (Wildman–Crippen LogP) is 3.59. The second-order valence-electron chi connectivity index (χ2n) is 8.05. The monoisotopic (exact) mass is 408 g/mol. The number of carbonyl (C=O) groups is 1. The Balaban J connectivity index is 1.72. The highest BCUT2D eigenvalue weighted by atomic mass is 16.5. The molecule has 2 aromatic carbocycles. The predicted molar refractivity (Wildman–Crippen MR) is 121 cm³/mol. The molecule has 0 spiro atoms. The number of likely N-dealkylation sites (N-methyl/N-ethyl adjacent to an activating group) is 1. The summed E-state index contributed by atoms with van der Waals surface area (Å²) in [6.07, 6.45) is 2.27. The maximum absolute atomic E-state index is 13.0. The number of β-amino-alcohol motifs (C(OH)–C–C–N with tert-alkyl or cyclic N) is 1. The van der Waals surface area contributed by atoms with Crippen molar-refractivity contribution in [3.63, 3.8) is 0 Å². The van der Waals surface area contributed by atoms with Crippen LogP contribution in [0.2, 0.25) is 0 Å². The van der Waals surface area contributed by atoms with E-state index in [1.165, 1.54) is 0 Å². The fourth-order valence-corrected chi connectivity index (χ4v) is 3.96. The van der Waals surface area contributed by atoms with Crippen molar-refractivity contribution in [1.82, 2.24) is 9.80 Å². The van der Waals surface area contributed by atoms with Crippen LogP contribution < -0.4 is 4.74 Å². The average molecular weight is 409 g/mol. The second-order valence-corrected chi connectivity index (χ2v) is 8.05. The van der Waals surface area contributed by atoms with Crippen LogP contribution in [-0.4, -0.2) is 60.2 Å². The molecule has 3 rings (SSSR count). The van der Waals surface area contributed by atoms with Gasteiger partial charge in [-0.2, -0.15) is 0 Å². The summed E-state index contributed by atoms with van der Waals surface area (Å²) in [5.41, 5.74) is 4.28. The number of likely N-dealkylation sites (tertiary alicyclic amines) is 1. The number of ether oxygens (including phenoxy) is 1. The topological polar surface area (TPSA) is 53.0 Å². The highest BCUT2D eigenvalue weighted by Crippen LogP contribution is 2.27. The van der Waals surface area contributed by atoms with Crippen LogP contribution in [0.1, 0.15) is 34.7 Å². The van der Waals surface area contributed by atoms with E-state index in [0.717, 1.165) is 35.2 Å². The van der Waals surface area contributed by atoms with Gasteiger partial charge in [-0.25, -0.2) is 0 Å². The third kappa shape index (κ3) is 5.10. The fraction of sp³-hybridized carbons (Fsp3) is 0.400. The van der Waals surface area contributed by atoms with Crippen molar-refractivity contribution in [2.24, 2.45) is 0 Å². The third-order valence-electron chi connectivity index (χ3n) is 6.02. The Morgan fingerprint density at radius 3 is 2.67 bits per heavy atom. The number of nitrogens with zero attached hydrogens (tertiary/aromatic N) is 2. The summed E-state index contributed by atoms with van der Waals surface area (Å²) >= 11 is 0. The summed E-state index contributed by atoms with van der Waals surface area (Å²) in [6, 6.07) is 13.8. The highest BCUT2D eigenvalue weighted by Gasteiger charge is 2.28. The van der Waals surface area contributed by atoms with Gasteiger partial charge in [0, 0.05) is 32.2 Å². The molecule has 0 aromatic heterocycles. The zero-order valence-corrected chi connectivity index (χ0v) is 18.2. The molecule has 1 aliphatic heterocycles. The number of aliphatic hydroxyl groups excluding tert-OH is 1. The van der Waals surface area contributed by atoms with Gasteiger partial charge < -0.3 is 14.7 Å². The molecule has 160 valence electrons. The summed E-state index contributed by atoms with van der Waals surface area (Å²) in [4.78, 5) is 17.0. The zero-order chi connectivity index (χ0) is 21.7. The molecule has 1 saturated heterocycles. The number of hydrogen-bond acceptors (Lipinski definition) is 4. The number of aliphatic hydroxyl groups is 1. The van der Waals surface area contributed by atoms with Crippen LogP contribution in [0.5, 0.6) is 5.75 Å². The Morgan fingerprint density at radius 2 is 2.03 bits per heavy atom. The lowest BCUT2D eigenvalue weighted by atomic mass is 10.0. The Hall–Kier alpha value is -2.63. The van der Waals surface area contributed by atoms with Gasteiger partial charge in [-0.15, -0.1) is 0 Å². The van der Waals surface area contributed by atoms with Crippen molar-refractivity contribution in [1.29, 1.82) is 0 Å². The van der Waals surface area contributed by atoms with Crippen LogP contribution in [0.4, 0.5) is 0 Å². The summed E-state index contributed by atoms with van der Waals surface area (Å²) in [6.45, 7) is 10.1. The first-order chi connectivity index (χ1) is 14.4. The van der Waals surface area contributed by atoms with E-state index in [9.17, 15) is 9.90 Å². The fourth-order valence-electron chi connectivity index (χ4n) is 3.96. The van der Waals surface area contributed by atoms with E-state index in [4.69, 9.17) is 4.74 Å². The molecule has 0 saturated carbocycles. The number of rotatable bonds is 8. The van der Waals surface area contributed by atoms with Gasteiger partial charge in [0.2, 0.25) is 0 Å². The number of aryl methyl sites for hydroxylation is 1. The van der Waals surface area contributed by atoms with Crippen LogP contribution in [0.15, 0.2) is 49.0 Å². The van der Waals surface area contributed by atoms with Crippen LogP contribution in [-0.2, 0) is 4.79 Å². The molecule has 0 bridgehead atoms. The molecule has 0 aliphatic carbocycles. The lowest BCUT2D eigenvalue weighted by Gasteiger charge is -2.32. The van der Waals surface area contributed by atoms with E-state index in [1.807, 2.05) is 63.4 Å². The van der Waals surface area contributed by atoms with Gasteiger partial charge in [0.1, 0.15) is 5.75 Å². The van der Waals surface area contributed by atoms with E-state index in [2.05, 4.69) is 11.5 Å². The van der Waals surface area contributed by atoms with Gasteiger partial charge in [0.15, 0.2) is 6.61 Å². The van der Waals surface area contributed by atoms with E-state index >= 15 is 0 Å². The molecule has 30 heavy (non-hydrogen) atoms. The van der Waals surface area contributed by atoms with Crippen LogP contribution >= 0.6 is 0 Å². The highest BCUT2D eigenvalue weighted by molar-refractivity contribution is 5.78. The third-order valence-corrected chi connectivity index (χ3v) is 6.02. The van der Waals surface area contributed by atoms with E-state index in [1.54, 1.807) is 11.0 Å². The maximum Gasteiger partial charge on any atom is 0.260 e. The van der Waals surface area contributed by atoms with Crippen LogP contribution in [0, 0.1) is 13.8 Å². The first-order valence-electron chi connectivity index (χ1n) is 10.5. The lowest BCUT2D eigenvalue weighted by molar-refractivity contribution is -0.134. The van der Waals surface area contributed by atoms with Crippen molar-refractivity contribution in [2.75, 3.05) is 33.3 Å². The first kappa shape index (κ1) is 22.1. The van der Waals surface area contributed by atoms with Crippen molar-refractivity contribution < 1.29 is 14.6 Å². The molecule has 0 radical (unpaired) electrons. The molecule has 2 atom stereocenters. The first-order valence-corrected chi connectivity index (χ1v) is 10.5. The SMILES string of the molecule is C=Cc1c(OCC(=O)N(C)C(CN2CC[C@H](O)C2)c2ccccc2)ccc(C)c1C. The molecule has 1 fully saturated rings. The van der Waals surface area contributed by atoms with Gasteiger partial charge in [-0.05, 0) is 43.0 Å². The summed E-state index contributed by atoms with van der Waals surface area (Å²) in [5.74, 6) is 0.589. The van der Waals surface area contributed by atoms with E-state index in [0.29, 0.717) is 18.8 Å². The lowest BCUT2D eigenvalue weighted by Crippen LogP contribution is -2.41. The number of benzene rings is 2. The number of hydrogen-bond donors (Lipinski definition) is 1. The smallest absolute Gasteiger partial charge is 0.260 e. The molecule has 1 N–H and O–H groups in total. The average Bonchev–Trinajstić information content (AvgIpc) is 3.17. The minimum Gasteiger partial charge on any atom is -0.483 e. The summed E-state index contributed by atoms with van der Waals surface area (Å²) in [5, 5.41) is 9.88. The van der Waals surface area contributed by atoms with E-state index in [-0.39, 0.29) is 24.7 Å². The molecule has 1 amide bonds. The zero-order valence-electron chi connectivity index (χ0n) is 18.2. The van der Waals surface area contributed by atoms with Crippen molar-refractivity contribution in [2.45, 2.75) is 32.4 Å². The van der Waals surface area contributed by atoms with Crippen molar-refractivity contribution >= 4 is 12.0 Å². The van der Waals surface area contributed by atoms with Gasteiger partial charge in [-0.1, -0.05) is 49.1 Å². The van der Waals surface area contributed by atoms with Crippen LogP contribution in [0.3, 0.4) is 0 Å². The Labute approximate surface area is 179 Å². The molecule has 1 heterocycles. The summed E-state index contributed by atoms with van der Waals surface area (Å²) < 4.78 is 5.90. The molecule has 5 nitrogen and oxygen atoms in total. The Bertz CT molecular complexity index is 881. The van der Waals surface area contributed by atoms with Crippen molar-refractivity contribution in [3.8, 4) is 5.75 Å². The number of carbonyl (C=O) groups excluding carboxylic acids is 1. The standard InChI is InChI=1S/C25H32N2O3/c1-5-22-19(3)18(2)11-12-24(22)30-17-25(29)26(4)23(20-9-7-6-8-10-20)16-27-14-13-21(28)15-27/h5-12,21,23,28H,1,13-17H2,2-4H3/t21-,23?/m0/s1. The quantitative estimate of drug-likeness (QED) is 0.725. The molecule has 2 aromatic rings. The molecule has 5 heteroatoms. The Morgan fingerprint density at radius 1 is 1.30 bits per heavy atom. The Kier molecular flexibility index (Phi) is 7.29. The molecule has 1 unspecified atom stereocenters. The molecular weight excluding hydrogens is 376 g/mol. The minimum absolute atomic E-state index is 0.0359. The van der Waals surface area contributed by atoms with Gasteiger partial charge in [0.05, 0.1) is 12.1 Å². The van der Waals surface area contributed by atoms with Crippen LogP contribution in [0.25, 0.3) is 6.08 Å². The van der Waals surface area contributed by atoms with Gasteiger partial charge >= 0.3 is 0 Å². The van der Waals surface area contributed by atoms with Gasteiger partial charge in [0.25, 0.3) is 5.91 Å². The molecular formula is C25H32N2O3.